The van der Waals surface area contributed by atoms with Gasteiger partial charge in [-0.3, -0.25) is 4.90 Å². The summed E-state index contributed by atoms with van der Waals surface area (Å²) in [4.78, 5) is 18.8. The Morgan fingerprint density at radius 3 is 2.68 bits per heavy atom. The Balaban J connectivity index is 2.25. The fourth-order valence-corrected chi connectivity index (χ4v) is 3.07. The minimum atomic E-state index is -0.518. The van der Waals surface area contributed by atoms with Crippen LogP contribution in [0.15, 0.2) is 54.2 Å². The summed E-state index contributed by atoms with van der Waals surface area (Å²) < 4.78 is 11.0. The number of carbonyl (C=O) groups is 1. The molecule has 162 valence electrons. The molecular formula is C25H28N2O4. The summed E-state index contributed by atoms with van der Waals surface area (Å²) in [5.74, 6) is 3.24. The Kier molecular flexibility index (Phi) is 8.71. The molecule has 0 aliphatic rings. The van der Waals surface area contributed by atoms with Crippen LogP contribution in [0, 0.1) is 26.2 Å². The largest absolute Gasteiger partial charge is 0.489 e. The third-order valence-corrected chi connectivity index (χ3v) is 4.62. The second kappa shape index (κ2) is 11.5. The number of rotatable bonds is 9. The summed E-state index contributed by atoms with van der Waals surface area (Å²) in [5, 5.41) is 4.12. The van der Waals surface area contributed by atoms with E-state index in [0.29, 0.717) is 12.3 Å². The molecule has 0 bridgehead atoms. The average molecular weight is 421 g/mol. The lowest BCUT2D eigenvalue weighted by Crippen LogP contribution is -2.32. The standard InChI is InChI=1S/C25H28N2O4/c1-7-13-27(25(28)29-6)23-12-10-9-11-21(23)17-30-24-16-18(3)22(15-19(24)4)20(5)26-31-14-8-2/h1,8-12,15-16H,2,13-14,17H2,3-6H3. The van der Waals surface area contributed by atoms with Crippen LogP contribution in [0.1, 0.15) is 29.2 Å². The number of methoxy groups -OCH3 is 1. The van der Waals surface area contributed by atoms with Gasteiger partial charge in [0.2, 0.25) is 0 Å². The van der Waals surface area contributed by atoms with Crippen LogP contribution in [0.5, 0.6) is 5.75 Å². The monoisotopic (exact) mass is 420 g/mol. The summed E-state index contributed by atoms with van der Waals surface area (Å²) >= 11 is 0. The molecule has 31 heavy (non-hydrogen) atoms. The van der Waals surface area contributed by atoms with E-state index in [1.54, 1.807) is 6.08 Å². The van der Waals surface area contributed by atoms with Crippen molar-refractivity contribution in [1.82, 2.24) is 0 Å². The molecule has 0 aliphatic heterocycles. The van der Waals surface area contributed by atoms with Crippen molar-refractivity contribution < 1.29 is 19.1 Å². The molecule has 2 aromatic carbocycles. The Morgan fingerprint density at radius 2 is 2.00 bits per heavy atom. The maximum absolute atomic E-state index is 12.2. The number of aryl methyl sites for hydroxylation is 2. The van der Waals surface area contributed by atoms with E-state index in [4.69, 9.17) is 20.7 Å². The van der Waals surface area contributed by atoms with Crippen molar-refractivity contribution in [3.63, 3.8) is 0 Å². The first-order valence-electron chi connectivity index (χ1n) is 9.81. The topological polar surface area (TPSA) is 60.4 Å². The number of para-hydroxylation sites is 1. The molecule has 0 aromatic heterocycles. The highest BCUT2D eigenvalue weighted by molar-refractivity contribution is 6.00. The number of anilines is 1. The van der Waals surface area contributed by atoms with E-state index >= 15 is 0 Å². The van der Waals surface area contributed by atoms with Gasteiger partial charge in [-0.15, -0.1) is 6.42 Å². The number of oxime groups is 1. The van der Waals surface area contributed by atoms with Crippen molar-refractivity contribution in [2.24, 2.45) is 5.16 Å². The van der Waals surface area contributed by atoms with E-state index in [1.807, 2.05) is 57.2 Å². The van der Waals surface area contributed by atoms with Gasteiger partial charge in [-0.2, -0.15) is 0 Å². The van der Waals surface area contributed by atoms with E-state index in [2.05, 4.69) is 17.7 Å². The lowest BCUT2D eigenvalue weighted by atomic mass is 10.0. The molecule has 0 heterocycles. The molecule has 6 heteroatoms. The van der Waals surface area contributed by atoms with Gasteiger partial charge >= 0.3 is 6.09 Å². The first-order valence-corrected chi connectivity index (χ1v) is 9.81. The Labute approximate surface area is 184 Å². The summed E-state index contributed by atoms with van der Waals surface area (Å²) in [5.41, 5.74) is 5.22. The van der Waals surface area contributed by atoms with Crippen molar-refractivity contribution in [1.29, 1.82) is 0 Å². The van der Waals surface area contributed by atoms with E-state index in [0.717, 1.165) is 33.7 Å². The number of carbonyl (C=O) groups excluding carboxylic acids is 1. The molecule has 2 rings (SSSR count). The summed E-state index contributed by atoms with van der Waals surface area (Å²) in [6.07, 6.45) is 6.56. The predicted octanol–water partition coefficient (Wildman–Crippen LogP) is 5.02. The van der Waals surface area contributed by atoms with Crippen LogP contribution < -0.4 is 9.64 Å². The van der Waals surface area contributed by atoms with Crippen LogP contribution in [0.4, 0.5) is 10.5 Å². The molecule has 0 N–H and O–H groups in total. The van der Waals surface area contributed by atoms with Crippen LogP contribution >= 0.6 is 0 Å². The molecule has 0 saturated carbocycles. The van der Waals surface area contributed by atoms with Gasteiger partial charge in [0.05, 0.1) is 25.1 Å². The van der Waals surface area contributed by atoms with Crippen molar-refractivity contribution in [3.05, 3.63) is 71.3 Å². The highest BCUT2D eigenvalue weighted by atomic mass is 16.6. The van der Waals surface area contributed by atoms with Gasteiger partial charge in [-0.25, -0.2) is 4.79 Å². The van der Waals surface area contributed by atoms with Crippen molar-refractivity contribution in [2.45, 2.75) is 27.4 Å². The highest BCUT2D eigenvalue weighted by Crippen LogP contribution is 2.27. The molecule has 2 aromatic rings. The van der Waals surface area contributed by atoms with Crippen LogP contribution in [0.3, 0.4) is 0 Å². The molecule has 0 aliphatic carbocycles. The fraction of sp³-hybridized carbons (Fsp3) is 0.280. The zero-order chi connectivity index (χ0) is 22.8. The molecule has 1 amide bonds. The zero-order valence-electron chi connectivity index (χ0n) is 18.5. The van der Waals surface area contributed by atoms with E-state index < -0.39 is 6.09 Å². The lowest BCUT2D eigenvalue weighted by Gasteiger charge is -2.22. The third kappa shape index (κ3) is 6.13. The molecule has 0 fully saturated rings. The molecule has 0 unspecified atom stereocenters. The van der Waals surface area contributed by atoms with Crippen LogP contribution in [-0.2, 0) is 16.2 Å². The van der Waals surface area contributed by atoms with Crippen LogP contribution in [0.25, 0.3) is 0 Å². The van der Waals surface area contributed by atoms with Crippen LogP contribution in [0.2, 0.25) is 0 Å². The molecular weight excluding hydrogens is 392 g/mol. The third-order valence-electron chi connectivity index (χ3n) is 4.62. The lowest BCUT2D eigenvalue weighted by molar-refractivity contribution is 0.175. The average Bonchev–Trinajstić information content (AvgIpc) is 2.77. The zero-order valence-corrected chi connectivity index (χ0v) is 18.5. The number of hydrogen-bond donors (Lipinski definition) is 0. The first-order chi connectivity index (χ1) is 14.9. The quantitative estimate of drug-likeness (QED) is 0.188. The van der Waals surface area contributed by atoms with Crippen LogP contribution in [-0.4, -0.2) is 32.1 Å². The highest BCUT2D eigenvalue weighted by Gasteiger charge is 2.18. The van der Waals surface area contributed by atoms with Gasteiger partial charge in [-0.05, 0) is 50.1 Å². The Hall–Kier alpha value is -3.72. The van der Waals surface area contributed by atoms with Crippen molar-refractivity contribution >= 4 is 17.5 Å². The minimum Gasteiger partial charge on any atom is -0.489 e. The molecule has 6 nitrogen and oxygen atoms in total. The number of nitrogens with zero attached hydrogens (tertiary/aromatic N) is 2. The Bertz CT molecular complexity index is 1010. The normalized spacial score (nSPS) is 10.7. The second-order valence-electron chi connectivity index (χ2n) is 6.87. The number of hydrogen-bond acceptors (Lipinski definition) is 5. The van der Waals surface area contributed by atoms with E-state index in [1.165, 1.54) is 12.0 Å². The van der Waals surface area contributed by atoms with Gasteiger partial charge in [0.1, 0.15) is 19.0 Å². The molecule has 0 atom stereocenters. The fourth-order valence-electron chi connectivity index (χ4n) is 3.07. The second-order valence-corrected chi connectivity index (χ2v) is 6.87. The summed E-state index contributed by atoms with van der Waals surface area (Å²) in [6.45, 7) is 10.2. The van der Waals surface area contributed by atoms with Crippen molar-refractivity contribution in [2.75, 3.05) is 25.2 Å². The molecule has 0 saturated heterocycles. The molecule has 0 radical (unpaired) electrons. The number of ether oxygens (including phenoxy) is 2. The van der Waals surface area contributed by atoms with Gasteiger partial charge in [0.15, 0.2) is 0 Å². The van der Waals surface area contributed by atoms with Gasteiger partial charge < -0.3 is 14.3 Å². The first kappa shape index (κ1) is 23.6. The number of benzene rings is 2. The number of amides is 1. The summed E-state index contributed by atoms with van der Waals surface area (Å²) in [6, 6.07) is 11.4. The maximum Gasteiger partial charge on any atom is 0.414 e. The summed E-state index contributed by atoms with van der Waals surface area (Å²) in [7, 11) is 1.33. The number of terminal acetylenes is 1. The minimum absolute atomic E-state index is 0.100. The van der Waals surface area contributed by atoms with E-state index in [9.17, 15) is 4.79 Å². The Morgan fingerprint density at radius 1 is 1.26 bits per heavy atom. The van der Waals surface area contributed by atoms with Gasteiger partial charge in [-0.1, -0.05) is 41.9 Å². The van der Waals surface area contributed by atoms with Gasteiger partial charge in [0, 0.05) is 11.1 Å². The molecule has 0 spiro atoms. The smallest absolute Gasteiger partial charge is 0.414 e. The predicted molar refractivity (Wildman–Crippen MR) is 124 cm³/mol. The van der Waals surface area contributed by atoms with Crippen molar-refractivity contribution in [3.8, 4) is 18.1 Å². The SMILES string of the molecule is C#CCN(C(=O)OC)c1ccccc1COc1cc(C)c(C(C)=NOCC=C)cc1C. The van der Waals surface area contributed by atoms with Gasteiger partial charge in [0.25, 0.3) is 0 Å². The van der Waals surface area contributed by atoms with E-state index in [-0.39, 0.29) is 13.2 Å². The maximum atomic E-state index is 12.2.